The van der Waals surface area contributed by atoms with E-state index < -0.39 is 10.0 Å². The fraction of sp³-hybridized carbons (Fsp3) is 0.500. The van der Waals surface area contributed by atoms with E-state index in [1.807, 2.05) is 18.2 Å². The van der Waals surface area contributed by atoms with Crippen LogP contribution in [0.2, 0.25) is 0 Å². The number of nitrogens with one attached hydrogen (secondary N) is 1. The molecule has 4 nitrogen and oxygen atoms in total. The average Bonchev–Trinajstić information content (AvgIpc) is 2.89. The average molecular weight is 306 g/mol. The fourth-order valence-corrected chi connectivity index (χ4v) is 3.94. The third-order valence-electron chi connectivity index (χ3n) is 4.36. The number of sulfonamides is 1. The van der Waals surface area contributed by atoms with Crippen molar-refractivity contribution in [3.05, 3.63) is 30.5 Å². The SMILES string of the molecule is CC1(C)CCC(n2ccc3ccc(NS(C)(=O)=O)cc32)C1. The maximum absolute atomic E-state index is 11.4. The van der Waals surface area contributed by atoms with Crippen molar-refractivity contribution in [2.45, 2.75) is 39.2 Å². The van der Waals surface area contributed by atoms with E-state index in [1.54, 1.807) is 0 Å². The summed E-state index contributed by atoms with van der Waals surface area (Å²) >= 11 is 0. The van der Waals surface area contributed by atoms with Gasteiger partial charge in [-0.3, -0.25) is 4.72 Å². The maximum Gasteiger partial charge on any atom is 0.229 e. The molecule has 0 amide bonds. The molecular weight excluding hydrogens is 284 g/mol. The third-order valence-corrected chi connectivity index (χ3v) is 4.97. The van der Waals surface area contributed by atoms with E-state index in [0.29, 0.717) is 17.1 Å². The van der Waals surface area contributed by atoms with Crippen LogP contribution in [0.25, 0.3) is 10.9 Å². The van der Waals surface area contributed by atoms with Crippen molar-refractivity contribution in [3.63, 3.8) is 0 Å². The molecule has 1 unspecified atom stereocenters. The fourth-order valence-electron chi connectivity index (χ4n) is 3.38. The highest BCUT2D eigenvalue weighted by Gasteiger charge is 2.32. The molecule has 0 bridgehead atoms. The molecule has 21 heavy (non-hydrogen) atoms. The van der Waals surface area contributed by atoms with E-state index in [4.69, 9.17) is 0 Å². The summed E-state index contributed by atoms with van der Waals surface area (Å²) in [7, 11) is -3.24. The van der Waals surface area contributed by atoms with Gasteiger partial charge in [0.25, 0.3) is 0 Å². The Morgan fingerprint density at radius 1 is 1.29 bits per heavy atom. The van der Waals surface area contributed by atoms with Crippen LogP contribution in [0.3, 0.4) is 0 Å². The molecule has 0 radical (unpaired) electrons. The zero-order valence-corrected chi connectivity index (χ0v) is 13.6. The minimum absolute atomic E-state index is 0.393. The normalized spacial score (nSPS) is 21.8. The van der Waals surface area contributed by atoms with Gasteiger partial charge in [0.1, 0.15) is 0 Å². The molecular formula is C16H22N2O2S. The number of hydrogen-bond donors (Lipinski definition) is 1. The van der Waals surface area contributed by atoms with Gasteiger partial charge in [0, 0.05) is 12.2 Å². The van der Waals surface area contributed by atoms with Gasteiger partial charge >= 0.3 is 0 Å². The van der Waals surface area contributed by atoms with Crippen LogP contribution in [0.4, 0.5) is 5.69 Å². The molecule has 1 atom stereocenters. The number of fused-ring (bicyclic) bond motifs is 1. The predicted molar refractivity (Wildman–Crippen MR) is 87.1 cm³/mol. The van der Waals surface area contributed by atoms with E-state index in [-0.39, 0.29) is 0 Å². The van der Waals surface area contributed by atoms with Crippen LogP contribution in [-0.2, 0) is 10.0 Å². The monoisotopic (exact) mass is 306 g/mol. The van der Waals surface area contributed by atoms with Gasteiger partial charge in [-0.2, -0.15) is 0 Å². The van der Waals surface area contributed by atoms with Crippen molar-refractivity contribution < 1.29 is 8.42 Å². The zero-order chi connectivity index (χ0) is 15.3. The Morgan fingerprint density at radius 3 is 2.67 bits per heavy atom. The first-order valence-corrected chi connectivity index (χ1v) is 9.21. The van der Waals surface area contributed by atoms with Gasteiger partial charge in [0.2, 0.25) is 10.0 Å². The molecule has 1 aliphatic rings. The van der Waals surface area contributed by atoms with Crippen LogP contribution in [0.1, 0.15) is 39.2 Å². The van der Waals surface area contributed by atoms with Gasteiger partial charge in [0.15, 0.2) is 0 Å². The largest absolute Gasteiger partial charge is 0.344 e. The van der Waals surface area contributed by atoms with Gasteiger partial charge in [-0.1, -0.05) is 19.9 Å². The second-order valence-electron chi connectivity index (χ2n) is 6.93. The number of anilines is 1. The Balaban J connectivity index is 1.98. The Bertz CT molecular complexity index is 775. The minimum Gasteiger partial charge on any atom is -0.344 e. The Labute approximate surface area is 126 Å². The first-order chi connectivity index (χ1) is 9.73. The van der Waals surface area contributed by atoms with Crippen LogP contribution in [0.5, 0.6) is 0 Å². The second-order valence-corrected chi connectivity index (χ2v) is 8.68. The highest BCUT2D eigenvalue weighted by molar-refractivity contribution is 7.92. The predicted octanol–water partition coefficient (Wildman–Crippen LogP) is 3.76. The summed E-state index contributed by atoms with van der Waals surface area (Å²) < 4.78 is 27.6. The molecule has 0 saturated heterocycles. The molecule has 1 saturated carbocycles. The van der Waals surface area contributed by atoms with E-state index in [2.05, 4.69) is 35.4 Å². The van der Waals surface area contributed by atoms with Gasteiger partial charge in [0.05, 0.1) is 17.5 Å². The molecule has 114 valence electrons. The number of hydrogen-bond acceptors (Lipinski definition) is 2. The molecule has 1 N–H and O–H groups in total. The molecule has 1 fully saturated rings. The van der Waals surface area contributed by atoms with Gasteiger partial charge in [-0.25, -0.2) is 8.42 Å². The van der Waals surface area contributed by atoms with E-state index in [1.165, 1.54) is 25.5 Å². The quantitative estimate of drug-likeness (QED) is 0.938. The summed E-state index contributed by atoms with van der Waals surface area (Å²) in [4.78, 5) is 0. The summed E-state index contributed by atoms with van der Waals surface area (Å²) in [6.45, 7) is 4.63. The van der Waals surface area contributed by atoms with Crippen LogP contribution in [-0.4, -0.2) is 19.2 Å². The first-order valence-electron chi connectivity index (χ1n) is 7.32. The number of aromatic nitrogens is 1. The van der Waals surface area contributed by atoms with Crippen molar-refractivity contribution in [1.82, 2.24) is 4.57 Å². The molecule has 1 heterocycles. The summed E-state index contributed by atoms with van der Waals surface area (Å²) in [5.74, 6) is 0. The lowest BCUT2D eigenvalue weighted by molar-refractivity contribution is 0.361. The lowest BCUT2D eigenvalue weighted by atomic mass is 9.92. The molecule has 0 aliphatic heterocycles. The van der Waals surface area contributed by atoms with Crippen molar-refractivity contribution in [3.8, 4) is 0 Å². The molecule has 1 aromatic heterocycles. The second kappa shape index (κ2) is 4.77. The van der Waals surface area contributed by atoms with E-state index in [0.717, 1.165) is 10.9 Å². The molecule has 1 aromatic carbocycles. The molecule has 5 heteroatoms. The number of rotatable bonds is 3. The topological polar surface area (TPSA) is 51.1 Å². The van der Waals surface area contributed by atoms with E-state index >= 15 is 0 Å². The third kappa shape index (κ3) is 3.07. The van der Waals surface area contributed by atoms with Crippen molar-refractivity contribution in [2.24, 2.45) is 5.41 Å². The summed E-state index contributed by atoms with van der Waals surface area (Å²) in [6.07, 6.45) is 6.89. The van der Waals surface area contributed by atoms with Crippen molar-refractivity contribution >= 4 is 26.6 Å². The Hall–Kier alpha value is -1.49. The number of benzene rings is 1. The lowest BCUT2D eigenvalue weighted by Crippen LogP contribution is -2.10. The van der Waals surface area contributed by atoms with Crippen LogP contribution >= 0.6 is 0 Å². The smallest absolute Gasteiger partial charge is 0.229 e. The molecule has 3 rings (SSSR count). The minimum atomic E-state index is -3.24. The van der Waals surface area contributed by atoms with Crippen molar-refractivity contribution in [2.75, 3.05) is 11.0 Å². The van der Waals surface area contributed by atoms with Gasteiger partial charge in [-0.15, -0.1) is 0 Å². The molecule has 0 spiro atoms. The standard InChI is InChI=1S/C16H22N2O2S/c1-16(2)8-6-14(11-16)18-9-7-12-4-5-13(10-15(12)18)17-21(3,19)20/h4-5,7,9-10,14,17H,6,8,11H2,1-3H3. The van der Waals surface area contributed by atoms with Gasteiger partial charge in [-0.05, 0) is 48.3 Å². The van der Waals surface area contributed by atoms with Crippen LogP contribution < -0.4 is 4.72 Å². The van der Waals surface area contributed by atoms with Gasteiger partial charge < -0.3 is 4.57 Å². The van der Waals surface area contributed by atoms with Crippen molar-refractivity contribution in [1.29, 1.82) is 0 Å². The summed E-state index contributed by atoms with van der Waals surface area (Å²) in [6, 6.07) is 8.32. The highest BCUT2D eigenvalue weighted by atomic mass is 32.2. The highest BCUT2D eigenvalue weighted by Crippen LogP contribution is 2.44. The first kappa shape index (κ1) is 14.4. The molecule has 1 aliphatic carbocycles. The zero-order valence-electron chi connectivity index (χ0n) is 12.8. The van der Waals surface area contributed by atoms with Crippen LogP contribution in [0, 0.1) is 5.41 Å². The lowest BCUT2D eigenvalue weighted by Gasteiger charge is -2.19. The maximum atomic E-state index is 11.4. The number of nitrogens with zero attached hydrogens (tertiary/aromatic N) is 1. The summed E-state index contributed by atoms with van der Waals surface area (Å²) in [5, 5.41) is 1.15. The van der Waals surface area contributed by atoms with Crippen LogP contribution in [0.15, 0.2) is 30.5 Å². The molecule has 2 aromatic rings. The Morgan fingerprint density at radius 2 is 2.05 bits per heavy atom. The van der Waals surface area contributed by atoms with E-state index in [9.17, 15) is 8.42 Å². The Kier molecular flexibility index (Phi) is 3.28. The summed E-state index contributed by atoms with van der Waals surface area (Å²) in [5.41, 5.74) is 2.12.